The Bertz CT molecular complexity index is 345. The summed E-state index contributed by atoms with van der Waals surface area (Å²) in [5, 5.41) is 8.01. The van der Waals surface area contributed by atoms with E-state index < -0.39 is 0 Å². The number of aromatic nitrogens is 2. The Morgan fingerprint density at radius 2 is 2.31 bits per heavy atom. The van der Waals surface area contributed by atoms with Crippen LogP contribution in [0.2, 0.25) is 0 Å². The molecule has 1 saturated carbocycles. The van der Waals surface area contributed by atoms with Gasteiger partial charge in [0, 0.05) is 19.0 Å². The van der Waals surface area contributed by atoms with Gasteiger partial charge in [0.15, 0.2) is 5.82 Å². The average molecular weight is 239 g/mol. The Kier molecular flexibility index (Phi) is 3.15. The van der Waals surface area contributed by atoms with Gasteiger partial charge in [0.2, 0.25) is 5.89 Å². The number of nitrogens with one attached hydrogen (secondary N) is 1. The van der Waals surface area contributed by atoms with Gasteiger partial charge in [0.25, 0.3) is 0 Å². The Labute approximate surface area is 99.6 Å². The maximum atomic E-state index is 5.26. The van der Waals surface area contributed by atoms with Gasteiger partial charge in [0.1, 0.15) is 0 Å². The molecule has 1 unspecified atom stereocenters. The topological polar surface area (TPSA) is 51.0 Å². The lowest BCUT2D eigenvalue weighted by atomic mass is 10.2. The fraction of sp³-hybridized carbons (Fsp3) is 0.818. The second-order valence-corrected chi connectivity index (χ2v) is 5.84. The molecule has 2 heterocycles. The minimum Gasteiger partial charge on any atom is -0.339 e. The highest BCUT2D eigenvalue weighted by atomic mass is 32.2. The lowest BCUT2D eigenvalue weighted by molar-refractivity contribution is 0.370. The van der Waals surface area contributed by atoms with Gasteiger partial charge in [-0.15, -0.1) is 0 Å². The molecule has 16 heavy (non-hydrogen) atoms. The monoisotopic (exact) mass is 239 g/mol. The van der Waals surface area contributed by atoms with Crippen LogP contribution in [0.25, 0.3) is 0 Å². The van der Waals surface area contributed by atoms with Gasteiger partial charge in [-0.25, -0.2) is 0 Å². The molecule has 0 spiro atoms. The third kappa shape index (κ3) is 2.58. The molecule has 1 aromatic rings. The van der Waals surface area contributed by atoms with Gasteiger partial charge in [-0.05, 0) is 31.4 Å². The van der Waals surface area contributed by atoms with Crippen LogP contribution < -0.4 is 5.32 Å². The second-order valence-electron chi connectivity index (χ2n) is 4.53. The molecule has 1 N–H and O–H groups in total. The highest BCUT2D eigenvalue weighted by Crippen LogP contribution is 2.38. The summed E-state index contributed by atoms with van der Waals surface area (Å²) in [4.78, 5) is 4.47. The van der Waals surface area contributed by atoms with E-state index in [4.69, 9.17) is 4.52 Å². The minimum absolute atomic E-state index is 0.480. The van der Waals surface area contributed by atoms with E-state index in [1.807, 2.05) is 11.8 Å². The van der Waals surface area contributed by atoms with E-state index in [9.17, 15) is 0 Å². The molecule has 1 aliphatic heterocycles. The molecule has 3 rings (SSSR count). The van der Waals surface area contributed by atoms with Gasteiger partial charge < -0.3 is 9.84 Å². The SMILES string of the molecule is C1CSC(c2noc(CCNC3CC3)n2)C1. The van der Waals surface area contributed by atoms with Crippen LogP contribution in [0.3, 0.4) is 0 Å². The number of rotatable bonds is 5. The van der Waals surface area contributed by atoms with E-state index in [1.165, 1.54) is 31.4 Å². The summed E-state index contributed by atoms with van der Waals surface area (Å²) in [5.74, 6) is 2.93. The summed E-state index contributed by atoms with van der Waals surface area (Å²) in [7, 11) is 0. The summed E-state index contributed by atoms with van der Waals surface area (Å²) in [6.07, 6.45) is 5.99. The normalized spacial score (nSPS) is 25.1. The average Bonchev–Trinajstić information content (AvgIpc) is 2.83. The largest absolute Gasteiger partial charge is 0.339 e. The molecule has 88 valence electrons. The van der Waals surface area contributed by atoms with Crippen LogP contribution in [0.5, 0.6) is 0 Å². The molecular weight excluding hydrogens is 222 g/mol. The van der Waals surface area contributed by atoms with Crippen LogP contribution in [-0.2, 0) is 6.42 Å². The third-order valence-electron chi connectivity index (χ3n) is 3.05. The maximum absolute atomic E-state index is 5.26. The van der Waals surface area contributed by atoms with Crippen LogP contribution >= 0.6 is 11.8 Å². The van der Waals surface area contributed by atoms with Gasteiger partial charge >= 0.3 is 0 Å². The van der Waals surface area contributed by atoms with Crippen LogP contribution in [0, 0.1) is 0 Å². The summed E-state index contributed by atoms with van der Waals surface area (Å²) in [5.41, 5.74) is 0. The highest BCUT2D eigenvalue weighted by molar-refractivity contribution is 7.99. The Morgan fingerprint density at radius 1 is 1.38 bits per heavy atom. The van der Waals surface area contributed by atoms with Crippen molar-refractivity contribution in [3.8, 4) is 0 Å². The predicted octanol–water partition coefficient (Wildman–Crippen LogP) is 1.93. The van der Waals surface area contributed by atoms with Gasteiger partial charge in [0.05, 0.1) is 5.25 Å². The van der Waals surface area contributed by atoms with E-state index in [0.29, 0.717) is 5.25 Å². The van der Waals surface area contributed by atoms with E-state index in [1.54, 1.807) is 0 Å². The highest BCUT2D eigenvalue weighted by Gasteiger charge is 2.23. The zero-order valence-corrected chi connectivity index (χ0v) is 10.1. The number of nitrogens with zero attached hydrogens (tertiary/aromatic N) is 2. The molecule has 0 radical (unpaired) electrons. The molecule has 0 bridgehead atoms. The van der Waals surface area contributed by atoms with Crippen molar-refractivity contribution < 1.29 is 4.52 Å². The summed E-state index contributed by atoms with van der Waals surface area (Å²) in [6, 6.07) is 0.757. The molecule has 1 aliphatic carbocycles. The lowest BCUT2D eigenvalue weighted by Gasteiger charge is -1.99. The van der Waals surface area contributed by atoms with Crippen molar-refractivity contribution in [1.29, 1.82) is 0 Å². The second kappa shape index (κ2) is 4.75. The first kappa shape index (κ1) is 10.6. The quantitative estimate of drug-likeness (QED) is 0.851. The molecule has 4 nitrogen and oxygen atoms in total. The fourth-order valence-electron chi connectivity index (χ4n) is 1.95. The van der Waals surface area contributed by atoms with Crippen LogP contribution in [0.4, 0.5) is 0 Å². The molecule has 0 aromatic carbocycles. The first-order chi connectivity index (χ1) is 7.92. The Morgan fingerprint density at radius 3 is 3.06 bits per heavy atom. The van der Waals surface area contributed by atoms with Crippen molar-refractivity contribution in [1.82, 2.24) is 15.5 Å². The molecule has 0 amide bonds. The number of thioether (sulfide) groups is 1. The smallest absolute Gasteiger partial charge is 0.227 e. The zero-order valence-electron chi connectivity index (χ0n) is 9.32. The molecule has 2 fully saturated rings. The standard InChI is InChI=1S/C11H17N3OS/c1-2-9(16-7-1)11-13-10(15-14-11)5-6-12-8-3-4-8/h8-9,12H,1-7H2. The predicted molar refractivity (Wildman–Crippen MR) is 63.5 cm³/mol. The van der Waals surface area contributed by atoms with Crippen molar-refractivity contribution in [2.75, 3.05) is 12.3 Å². The minimum atomic E-state index is 0.480. The first-order valence-electron chi connectivity index (χ1n) is 6.09. The maximum Gasteiger partial charge on any atom is 0.227 e. The fourth-order valence-corrected chi connectivity index (χ4v) is 3.15. The van der Waals surface area contributed by atoms with Crippen molar-refractivity contribution in [2.24, 2.45) is 0 Å². The van der Waals surface area contributed by atoms with Gasteiger partial charge in [-0.1, -0.05) is 5.16 Å². The summed E-state index contributed by atoms with van der Waals surface area (Å²) < 4.78 is 5.26. The van der Waals surface area contributed by atoms with Crippen LogP contribution in [-0.4, -0.2) is 28.5 Å². The van der Waals surface area contributed by atoms with Crippen LogP contribution in [0.15, 0.2) is 4.52 Å². The third-order valence-corrected chi connectivity index (χ3v) is 4.42. The molecular formula is C11H17N3OS. The number of hydrogen-bond donors (Lipinski definition) is 1. The van der Waals surface area contributed by atoms with E-state index in [-0.39, 0.29) is 0 Å². The summed E-state index contributed by atoms with van der Waals surface area (Å²) in [6.45, 7) is 0.962. The molecule has 5 heteroatoms. The summed E-state index contributed by atoms with van der Waals surface area (Å²) >= 11 is 1.95. The Balaban J connectivity index is 1.50. The number of hydrogen-bond acceptors (Lipinski definition) is 5. The lowest BCUT2D eigenvalue weighted by Crippen LogP contribution is -2.19. The van der Waals surface area contributed by atoms with Crippen LogP contribution in [0.1, 0.15) is 42.6 Å². The van der Waals surface area contributed by atoms with Crippen molar-refractivity contribution in [3.05, 3.63) is 11.7 Å². The van der Waals surface area contributed by atoms with E-state index in [0.717, 1.165) is 30.7 Å². The molecule has 1 saturated heterocycles. The molecule has 2 aliphatic rings. The van der Waals surface area contributed by atoms with Crippen molar-refractivity contribution >= 4 is 11.8 Å². The van der Waals surface area contributed by atoms with Gasteiger partial charge in [-0.3, -0.25) is 0 Å². The molecule has 1 atom stereocenters. The Hall–Kier alpha value is -0.550. The zero-order chi connectivity index (χ0) is 10.8. The van der Waals surface area contributed by atoms with Gasteiger partial charge in [-0.2, -0.15) is 16.7 Å². The first-order valence-corrected chi connectivity index (χ1v) is 7.14. The van der Waals surface area contributed by atoms with E-state index in [2.05, 4.69) is 15.5 Å². The van der Waals surface area contributed by atoms with Crippen molar-refractivity contribution in [2.45, 2.75) is 43.4 Å². The molecule has 1 aromatic heterocycles. The van der Waals surface area contributed by atoms with Crippen molar-refractivity contribution in [3.63, 3.8) is 0 Å². The van der Waals surface area contributed by atoms with E-state index >= 15 is 0 Å².